The lowest BCUT2D eigenvalue weighted by Gasteiger charge is -2.41. The molecule has 0 saturated carbocycles. The summed E-state index contributed by atoms with van der Waals surface area (Å²) in [6.45, 7) is 9.53. The molecule has 0 saturated heterocycles. The highest BCUT2D eigenvalue weighted by Crippen LogP contribution is 2.36. The van der Waals surface area contributed by atoms with Crippen LogP contribution >= 0.6 is 0 Å². The van der Waals surface area contributed by atoms with Crippen molar-refractivity contribution >= 4 is 10.1 Å². The minimum absolute atomic E-state index is 0.130. The third-order valence-electron chi connectivity index (χ3n) is 5.56. The monoisotopic (exact) mass is 532 g/mol. The standard InChI is InChI=1S/C24H43F3O7S/c1-5-9-13-30-18-19-17-20(34-35(28,29)24(25,26)27)22(32-15-11-7-3)23(33-16-12-8-4)21(19)31-14-10-6-2/h17,19,21-23H,5-16,18H2,1-4H3/t19-,21-,22+,23+/m1/s1. The van der Waals surface area contributed by atoms with Gasteiger partial charge in [-0.2, -0.15) is 21.6 Å². The molecule has 0 unspecified atom stereocenters. The molecule has 7 nitrogen and oxygen atoms in total. The largest absolute Gasteiger partial charge is 0.534 e. The van der Waals surface area contributed by atoms with Gasteiger partial charge in [-0.25, -0.2) is 0 Å². The summed E-state index contributed by atoms with van der Waals surface area (Å²) >= 11 is 0. The highest BCUT2D eigenvalue weighted by Gasteiger charge is 2.52. The maximum atomic E-state index is 13.2. The molecule has 208 valence electrons. The van der Waals surface area contributed by atoms with Crippen molar-refractivity contribution in [3.05, 3.63) is 11.8 Å². The average Bonchev–Trinajstić information content (AvgIpc) is 2.79. The molecule has 1 rings (SSSR count). The van der Waals surface area contributed by atoms with E-state index >= 15 is 0 Å². The lowest BCUT2D eigenvalue weighted by molar-refractivity contribution is -0.162. The molecule has 0 heterocycles. The van der Waals surface area contributed by atoms with Crippen LogP contribution in [0.2, 0.25) is 0 Å². The zero-order chi connectivity index (χ0) is 26.3. The Morgan fingerprint density at radius 2 is 1.26 bits per heavy atom. The van der Waals surface area contributed by atoms with Crippen LogP contribution in [-0.2, 0) is 33.2 Å². The van der Waals surface area contributed by atoms with Gasteiger partial charge in [0.25, 0.3) is 0 Å². The van der Waals surface area contributed by atoms with Crippen molar-refractivity contribution < 1.29 is 44.7 Å². The van der Waals surface area contributed by atoms with Gasteiger partial charge in [0.1, 0.15) is 18.0 Å². The topological polar surface area (TPSA) is 80.3 Å². The Bertz CT molecular complexity index is 698. The quantitative estimate of drug-likeness (QED) is 0.119. The number of alkyl halides is 3. The Morgan fingerprint density at radius 3 is 1.77 bits per heavy atom. The second kappa shape index (κ2) is 16.8. The normalized spacial score (nSPS) is 23.3. The Morgan fingerprint density at radius 1 is 0.771 bits per heavy atom. The van der Waals surface area contributed by atoms with Crippen LogP contribution in [0.15, 0.2) is 11.8 Å². The Balaban J connectivity index is 3.39. The molecule has 0 aromatic rings. The van der Waals surface area contributed by atoms with Gasteiger partial charge < -0.3 is 23.1 Å². The minimum atomic E-state index is -5.89. The summed E-state index contributed by atoms with van der Waals surface area (Å²) < 4.78 is 91.9. The molecule has 1 aliphatic rings. The van der Waals surface area contributed by atoms with Gasteiger partial charge in [-0.05, 0) is 31.8 Å². The van der Waals surface area contributed by atoms with E-state index in [-0.39, 0.29) is 13.2 Å². The van der Waals surface area contributed by atoms with Crippen LogP contribution in [0.1, 0.15) is 79.1 Å². The second-order valence-electron chi connectivity index (χ2n) is 8.67. The Kier molecular flexibility index (Phi) is 15.4. The van der Waals surface area contributed by atoms with Crippen LogP contribution in [-0.4, -0.2) is 65.3 Å². The molecule has 0 bridgehead atoms. The number of ether oxygens (including phenoxy) is 4. The second-order valence-corrected chi connectivity index (χ2v) is 10.2. The van der Waals surface area contributed by atoms with Gasteiger partial charge in [0, 0.05) is 32.3 Å². The molecular weight excluding hydrogens is 489 g/mol. The zero-order valence-corrected chi connectivity index (χ0v) is 22.3. The van der Waals surface area contributed by atoms with E-state index in [2.05, 4.69) is 4.18 Å². The van der Waals surface area contributed by atoms with E-state index in [0.717, 1.165) is 44.9 Å². The molecule has 0 radical (unpaired) electrons. The molecule has 0 aromatic carbocycles. The van der Waals surface area contributed by atoms with Crippen molar-refractivity contribution in [1.29, 1.82) is 0 Å². The van der Waals surface area contributed by atoms with Crippen molar-refractivity contribution in [3.63, 3.8) is 0 Å². The summed E-state index contributed by atoms with van der Waals surface area (Å²) in [6, 6.07) is 0. The van der Waals surface area contributed by atoms with Crippen LogP contribution < -0.4 is 0 Å². The SMILES string of the molecule is CCCCOC[C@H]1C=C(OS(=O)(=O)C(F)(F)F)[C@H](OCCCC)[C@@H](OCCCC)[C@@H]1OCCCC. The van der Waals surface area contributed by atoms with E-state index in [0.29, 0.717) is 26.2 Å². The van der Waals surface area contributed by atoms with Crippen LogP contribution in [0.3, 0.4) is 0 Å². The lowest BCUT2D eigenvalue weighted by atomic mass is 9.87. The summed E-state index contributed by atoms with van der Waals surface area (Å²) in [5, 5.41) is 0. The van der Waals surface area contributed by atoms with Crippen LogP contribution in [0.25, 0.3) is 0 Å². The number of unbranched alkanes of at least 4 members (excludes halogenated alkanes) is 4. The molecular formula is C24H43F3O7S. The maximum absolute atomic E-state index is 13.2. The molecule has 1 aliphatic carbocycles. The minimum Gasteiger partial charge on any atom is -0.381 e. The van der Waals surface area contributed by atoms with Crippen LogP contribution in [0.4, 0.5) is 13.2 Å². The molecule has 0 spiro atoms. The van der Waals surface area contributed by atoms with Crippen molar-refractivity contribution in [3.8, 4) is 0 Å². The fraction of sp³-hybridized carbons (Fsp3) is 0.917. The van der Waals surface area contributed by atoms with Gasteiger partial charge in [-0.3, -0.25) is 0 Å². The average molecular weight is 533 g/mol. The highest BCUT2D eigenvalue weighted by atomic mass is 32.2. The predicted octanol–water partition coefficient (Wildman–Crippen LogP) is 5.74. The van der Waals surface area contributed by atoms with Crippen molar-refractivity contribution in [2.24, 2.45) is 5.92 Å². The molecule has 0 aliphatic heterocycles. The Labute approximate surface area is 208 Å². The lowest BCUT2D eigenvalue weighted by Crippen LogP contribution is -2.52. The zero-order valence-electron chi connectivity index (χ0n) is 21.5. The van der Waals surface area contributed by atoms with Crippen LogP contribution in [0.5, 0.6) is 0 Å². The summed E-state index contributed by atoms with van der Waals surface area (Å²) in [7, 11) is -5.89. The first-order chi connectivity index (χ1) is 16.6. The molecule has 11 heteroatoms. The molecule has 0 N–H and O–H groups in total. The van der Waals surface area contributed by atoms with E-state index in [4.69, 9.17) is 18.9 Å². The van der Waals surface area contributed by atoms with Crippen molar-refractivity contribution in [2.45, 2.75) is 103 Å². The first-order valence-electron chi connectivity index (χ1n) is 12.8. The van der Waals surface area contributed by atoms with E-state index in [1.165, 1.54) is 6.08 Å². The van der Waals surface area contributed by atoms with Gasteiger partial charge in [0.2, 0.25) is 0 Å². The summed E-state index contributed by atoms with van der Waals surface area (Å²) in [4.78, 5) is 0. The van der Waals surface area contributed by atoms with Gasteiger partial charge in [-0.15, -0.1) is 0 Å². The summed E-state index contributed by atoms with van der Waals surface area (Å²) in [5.41, 5.74) is -5.57. The van der Waals surface area contributed by atoms with Gasteiger partial charge in [-0.1, -0.05) is 53.4 Å². The fourth-order valence-electron chi connectivity index (χ4n) is 3.50. The predicted molar refractivity (Wildman–Crippen MR) is 127 cm³/mol. The number of halogens is 3. The number of hydrogen-bond donors (Lipinski definition) is 0. The molecule has 0 aromatic heterocycles. The number of hydrogen-bond acceptors (Lipinski definition) is 7. The van der Waals surface area contributed by atoms with E-state index in [1.807, 2.05) is 27.7 Å². The maximum Gasteiger partial charge on any atom is 0.534 e. The highest BCUT2D eigenvalue weighted by molar-refractivity contribution is 7.87. The smallest absolute Gasteiger partial charge is 0.381 e. The van der Waals surface area contributed by atoms with Crippen molar-refractivity contribution in [2.75, 3.05) is 33.0 Å². The third kappa shape index (κ3) is 11.0. The molecule has 4 atom stereocenters. The number of rotatable bonds is 19. The molecule has 0 amide bonds. The molecule has 35 heavy (non-hydrogen) atoms. The molecule has 0 fully saturated rings. The van der Waals surface area contributed by atoms with Gasteiger partial charge in [0.05, 0.1) is 12.7 Å². The van der Waals surface area contributed by atoms with E-state index < -0.39 is 45.6 Å². The third-order valence-corrected chi connectivity index (χ3v) is 6.54. The van der Waals surface area contributed by atoms with Gasteiger partial charge >= 0.3 is 15.6 Å². The van der Waals surface area contributed by atoms with E-state index in [9.17, 15) is 21.6 Å². The van der Waals surface area contributed by atoms with Crippen molar-refractivity contribution in [1.82, 2.24) is 0 Å². The van der Waals surface area contributed by atoms with Crippen LogP contribution in [0, 0.1) is 5.92 Å². The Hall–Kier alpha value is -0.880. The van der Waals surface area contributed by atoms with E-state index in [1.54, 1.807) is 0 Å². The fourth-order valence-corrected chi connectivity index (χ4v) is 3.99. The first-order valence-corrected chi connectivity index (χ1v) is 14.2. The van der Waals surface area contributed by atoms with Gasteiger partial charge in [0.15, 0.2) is 0 Å². The first kappa shape index (κ1) is 32.1. The summed E-state index contributed by atoms with van der Waals surface area (Å²) in [5.74, 6) is -1.00. The summed E-state index contributed by atoms with van der Waals surface area (Å²) in [6.07, 6.45) is 5.19.